The molecule has 0 amide bonds. The molecule has 2 N–H and O–H groups in total. The molecule has 28 heavy (non-hydrogen) atoms. The highest BCUT2D eigenvalue weighted by molar-refractivity contribution is 7.11. The zero-order valence-electron chi connectivity index (χ0n) is 16.4. The van der Waals surface area contributed by atoms with E-state index < -0.39 is 0 Å². The SMILES string of the molecule is CCNC(=NCc1ncc(C)s1)NCC(c1cccc(F)c1)N1CCOCC1. The summed E-state index contributed by atoms with van der Waals surface area (Å²) in [5, 5.41) is 7.69. The van der Waals surface area contributed by atoms with Crippen molar-refractivity contribution in [1.29, 1.82) is 0 Å². The number of aryl methyl sites for hydroxylation is 1. The molecule has 2 aromatic rings. The van der Waals surface area contributed by atoms with Crippen LogP contribution in [-0.2, 0) is 11.3 Å². The monoisotopic (exact) mass is 405 g/mol. The molecule has 0 aliphatic carbocycles. The first-order valence-corrected chi connectivity index (χ1v) is 10.5. The Bertz CT molecular complexity index is 775. The Morgan fingerprint density at radius 3 is 2.86 bits per heavy atom. The maximum absolute atomic E-state index is 13.8. The second kappa shape index (κ2) is 10.5. The second-order valence-corrected chi connectivity index (χ2v) is 7.98. The van der Waals surface area contributed by atoms with Gasteiger partial charge in [0.1, 0.15) is 10.8 Å². The average molecular weight is 406 g/mol. The maximum atomic E-state index is 13.8. The lowest BCUT2D eigenvalue weighted by molar-refractivity contribution is 0.0169. The molecule has 0 radical (unpaired) electrons. The van der Waals surface area contributed by atoms with E-state index in [2.05, 4.69) is 25.5 Å². The van der Waals surface area contributed by atoms with Crippen molar-refractivity contribution >= 4 is 17.3 Å². The standard InChI is InChI=1S/C20H28FN5OS/c1-3-22-20(25-14-19-23-12-15(2)28-19)24-13-18(26-7-9-27-10-8-26)16-5-4-6-17(21)11-16/h4-6,11-12,18H,3,7-10,13-14H2,1-2H3,(H2,22,24,25). The summed E-state index contributed by atoms with van der Waals surface area (Å²) in [6.45, 7) is 9.07. The summed E-state index contributed by atoms with van der Waals surface area (Å²) in [5.74, 6) is 0.528. The third-order valence-corrected chi connectivity index (χ3v) is 5.47. The van der Waals surface area contributed by atoms with E-state index in [1.807, 2.05) is 26.1 Å². The normalized spacial score (nSPS) is 16.8. The van der Waals surface area contributed by atoms with Gasteiger partial charge in [-0.1, -0.05) is 12.1 Å². The largest absolute Gasteiger partial charge is 0.379 e. The zero-order chi connectivity index (χ0) is 19.8. The minimum absolute atomic E-state index is 0.0468. The number of thiazole rings is 1. The van der Waals surface area contributed by atoms with E-state index in [0.717, 1.165) is 36.2 Å². The highest BCUT2D eigenvalue weighted by Gasteiger charge is 2.23. The number of ether oxygens (including phenoxy) is 1. The van der Waals surface area contributed by atoms with Gasteiger partial charge in [0.05, 0.1) is 25.8 Å². The molecule has 3 rings (SSSR count). The van der Waals surface area contributed by atoms with E-state index in [9.17, 15) is 4.39 Å². The van der Waals surface area contributed by atoms with Gasteiger partial charge < -0.3 is 15.4 Å². The highest BCUT2D eigenvalue weighted by Crippen LogP contribution is 2.22. The van der Waals surface area contributed by atoms with Crippen LogP contribution in [0.5, 0.6) is 0 Å². The Kier molecular flexibility index (Phi) is 7.76. The van der Waals surface area contributed by atoms with Gasteiger partial charge in [0.2, 0.25) is 0 Å². The van der Waals surface area contributed by atoms with Crippen molar-refractivity contribution in [2.24, 2.45) is 4.99 Å². The summed E-state index contributed by atoms with van der Waals surface area (Å²) >= 11 is 1.66. The number of rotatable bonds is 7. The van der Waals surface area contributed by atoms with Gasteiger partial charge in [0.15, 0.2) is 5.96 Å². The quantitative estimate of drug-likeness (QED) is 0.548. The van der Waals surface area contributed by atoms with Gasteiger partial charge in [-0.2, -0.15) is 0 Å². The summed E-state index contributed by atoms with van der Waals surface area (Å²) < 4.78 is 19.3. The smallest absolute Gasteiger partial charge is 0.191 e. The minimum Gasteiger partial charge on any atom is -0.379 e. The molecule has 1 fully saturated rings. The fourth-order valence-electron chi connectivity index (χ4n) is 3.22. The van der Waals surface area contributed by atoms with Crippen molar-refractivity contribution in [2.75, 3.05) is 39.4 Å². The summed E-state index contributed by atoms with van der Waals surface area (Å²) in [7, 11) is 0. The van der Waals surface area contributed by atoms with Crippen LogP contribution >= 0.6 is 11.3 Å². The lowest BCUT2D eigenvalue weighted by atomic mass is 10.0. The van der Waals surface area contributed by atoms with Crippen LogP contribution in [0.2, 0.25) is 0 Å². The van der Waals surface area contributed by atoms with Crippen LogP contribution in [0.25, 0.3) is 0 Å². The molecule has 1 aromatic carbocycles. The Labute approximate surface area is 169 Å². The molecule has 1 saturated heterocycles. The lowest BCUT2D eigenvalue weighted by Gasteiger charge is -2.35. The molecule has 152 valence electrons. The lowest BCUT2D eigenvalue weighted by Crippen LogP contribution is -2.46. The fourth-order valence-corrected chi connectivity index (χ4v) is 3.93. The molecule has 6 nitrogen and oxygen atoms in total. The van der Waals surface area contributed by atoms with Crippen molar-refractivity contribution in [3.63, 3.8) is 0 Å². The number of aliphatic imine (C=N–C) groups is 1. The summed E-state index contributed by atoms with van der Waals surface area (Å²) in [5.41, 5.74) is 0.959. The van der Waals surface area contributed by atoms with Gasteiger partial charge in [-0.15, -0.1) is 11.3 Å². The number of nitrogens with zero attached hydrogens (tertiary/aromatic N) is 3. The van der Waals surface area contributed by atoms with Gasteiger partial charge in [-0.05, 0) is 31.5 Å². The fraction of sp³-hybridized carbons (Fsp3) is 0.500. The molecular formula is C20H28FN5OS. The molecule has 1 aromatic heterocycles. The first-order chi connectivity index (χ1) is 13.7. The summed E-state index contributed by atoms with van der Waals surface area (Å²) in [6, 6.07) is 6.89. The number of guanidine groups is 1. The van der Waals surface area contributed by atoms with E-state index in [1.165, 1.54) is 10.9 Å². The van der Waals surface area contributed by atoms with E-state index in [0.29, 0.717) is 26.3 Å². The summed E-state index contributed by atoms with van der Waals surface area (Å²) in [4.78, 5) is 12.5. The molecular weight excluding hydrogens is 377 g/mol. The summed E-state index contributed by atoms with van der Waals surface area (Å²) in [6.07, 6.45) is 1.87. The van der Waals surface area contributed by atoms with Gasteiger partial charge in [0, 0.05) is 37.3 Å². The number of morpholine rings is 1. The molecule has 1 aliphatic rings. The Morgan fingerprint density at radius 2 is 2.18 bits per heavy atom. The van der Waals surface area contributed by atoms with Crippen LogP contribution in [0.1, 0.15) is 28.4 Å². The van der Waals surface area contributed by atoms with Crippen molar-refractivity contribution in [3.8, 4) is 0 Å². The van der Waals surface area contributed by atoms with Gasteiger partial charge >= 0.3 is 0 Å². The number of benzene rings is 1. The van der Waals surface area contributed by atoms with Crippen molar-refractivity contribution in [1.82, 2.24) is 20.5 Å². The highest BCUT2D eigenvalue weighted by atomic mass is 32.1. The first kappa shape index (κ1) is 20.7. The Hall–Kier alpha value is -2.03. The predicted molar refractivity (Wildman–Crippen MR) is 111 cm³/mol. The Morgan fingerprint density at radius 1 is 1.36 bits per heavy atom. The van der Waals surface area contributed by atoms with E-state index in [4.69, 9.17) is 4.74 Å². The van der Waals surface area contributed by atoms with Crippen molar-refractivity contribution in [2.45, 2.75) is 26.4 Å². The van der Waals surface area contributed by atoms with Gasteiger partial charge in [-0.3, -0.25) is 4.90 Å². The minimum atomic E-state index is -0.213. The molecule has 0 saturated carbocycles. The van der Waals surface area contributed by atoms with Crippen molar-refractivity contribution in [3.05, 3.63) is 51.7 Å². The molecule has 1 unspecified atom stereocenters. The predicted octanol–water partition coefficient (Wildman–Crippen LogP) is 2.72. The molecule has 2 heterocycles. The number of nitrogens with one attached hydrogen (secondary N) is 2. The molecule has 1 atom stereocenters. The zero-order valence-corrected chi connectivity index (χ0v) is 17.3. The van der Waals surface area contributed by atoms with Gasteiger partial charge in [0.25, 0.3) is 0 Å². The average Bonchev–Trinajstić information content (AvgIpc) is 3.12. The molecule has 8 heteroatoms. The van der Waals surface area contributed by atoms with E-state index in [1.54, 1.807) is 23.5 Å². The molecule has 0 bridgehead atoms. The van der Waals surface area contributed by atoms with E-state index in [-0.39, 0.29) is 11.9 Å². The Balaban J connectivity index is 1.70. The second-order valence-electron chi connectivity index (χ2n) is 6.66. The van der Waals surface area contributed by atoms with Gasteiger partial charge in [-0.25, -0.2) is 14.4 Å². The van der Waals surface area contributed by atoms with Crippen molar-refractivity contribution < 1.29 is 9.13 Å². The third kappa shape index (κ3) is 5.98. The van der Waals surface area contributed by atoms with E-state index >= 15 is 0 Å². The topological polar surface area (TPSA) is 61.8 Å². The van der Waals surface area contributed by atoms with Crippen LogP contribution in [0.15, 0.2) is 35.5 Å². The van der Waals surface area contributed by atoms with Crippen LogP contribution in [0, 0.1) is 12.7 Å². The number of hydrogen-bond acceptors (Lipinski definition) is 5. The molecule has 0 spiro atoms. The van der Waals surface area contributed by atoms with Crippen LogP contribution in [0.4, 0.5) is 4.39 Å². The maximum Gasteiger partial charge on any atom is 0.191 e. The number of halogens is 1. The number of aromatic nitrogens is 1. The van der Waals surface area contributed by atoms with Crippen LogP contribution in [0.3, 0.4) is 0 Å². The third-order valence-electron chi connectivity index (χ3n) is 4.57. The van der Waals surface area contributed by atoms with Crippen LogP contribution < -0.4 is 10.6 Å². The first-order valence-electron chi connectivity index (χ1n) is 9.66. The molecule has 1 aliphatic heterocycles. The number of hydrogen-bond donors (Lipinski definition) is 2. The van der Waals surface area contributed by atoms with Crippen LogP contribution in [-0.4, -0.2) is 55.2 Å².